The highest BCUT2D eigenvalue weighted by Crippen LogP contribution is 2.26. The zero-order chi connectivity index (χ0) is 15.4. The van der Waals surface area contributed by atoms with Crippen molar-refractivity contribution in [2.75, 3.05) is 7.11 Å². The van der Waals surface area contributed by atoms with E-state index in [9.17, 15) is 4.79 Å². The van der Waals surface area contributed by atoms with Gasteiger partial charge in [0.05, 0.1) is 19.1 Å². The fourth-order valence-electron chi connectivity index (χ4n) is 1.80. The second kappa shape index (κ2) is 7.27. The first-order valence-corrected chi connectivity index (χ1v) is 7.84. The molecule has 1 heterocycles. The number of carbonyl (C=O) groups is 1. The van der Waals surface area contributed by atoms with Gasteiger partial charge in [-0.25, -0.2) is 4.68 Å². The molecular weight excluding hydrogens is 455 g/mol. The number of hydrogen-bond acceptors (Lipinski definition) is 5. The SMILES string of the molecule is COC(CC(=O)O)Cn1nnnc1-c1cc(Br)ccc1I. The van der Waals surface area contributed by atoms with Gasteiger partial charge in [0.25, 0.3) is 0 Å². The molecule has 0 spiro atoms. The van der Waals surface area contributed by atoms with Crippen LogP contribution in [0.5, 0.6) is 0 Å². The molecule has 1 N–H and O–H groups in total. The standard InChI is InChI=1S/C12H12BrIN4O3/c1-21-8(5-11(19)20)6-18-12(15-16-17-18)9-4-7(13)2-3-10(9)14/h2-4,8H,5-6H2,1H3,(H,19,20). The van der Waals surface area contributed by atoms with Gasteiger partial charge in [0.15, 0.2) is 5.82 Å². The predicted molar refractivity (Wildman–Crippen MR) is 86.7 cm³/mol. The first kappa shape index (κ1) is 16.3. The molecule has 21 heavy (non-hydrogen) atoms. The van der Waals surface area contributed by atoms with Gasteiger partial charge in [-0.2, -0.15) is 0 Å². The molecule has 0 aliphatic carbocycles. The van der Waals surface area contributed by atoms with Crippen molar-refractivity contribution < 1.29 is 14.6 Å². The van der Waals surface area contributed by atoms with Gasteiger partial charge in [-0.15, -0.1) is 5.10 Å². The van der Waals surface area contributed by atoms with E-state index in [0.717, 1.165) is 13.6 Å². The smallest absolute Gasteiger partial charge is 0.306 e. The summed E-state index contributed by atoms with van der Waals surface area (Å²) in [5, 5.41) is 20.5. The molecular formula is C12H12BrIN4O3. The zero-order valence-corrected chi connectivity index (χ0v) is 14.8. The number of aliphatic carboxylic acids is 1. The Kier molecular flexibility index (Phi) is 5.65. The van der Waals surface area contributed by atoms with Crippen molar-refractivity contribution in [2.24, 2.45) is 0 Å². The number of hydrogen-bond donors (Lipinski definition) is 1. The molecule has 0 radical (unpaired) electrons. The predicted octanol–water partition coefficient (Wildman–Crippen LogP) is 2.20. The Morgan fingerprint density at radius 2 is 2.33 bits per heavy atom. The van der Waals surface area contributed by atoms with E-state index < -0.39 is 12.1 Å². The number of aromatic nitrogens is 4. The Bertz CT molecular complexity index is 649. The molecule has 0 saturated heterocycles. The van der Waals surface area contributed by atoms with Gasteiger partial charge in [0.1, 0.15) is 0 Å². The monoisotopic (exact) mass is 466 g/mol. The number of benzene rings is 1. The number of nitrogens with zero attached hydrogens (tertiary/aromatic N) is 4. The number of ether oxygens (including phenoxy) is 1. The number of methoxy groups -OCH3 is 1. The molecule has 0 saturated carbocycles. The fraction of sp³-hybridized carbons (Fsp3) is 0.333. The van der Waals surface area contributed by atoms with Crippen LogP contribution in [0.3, 0.4) is 0 Å². The fourth-order valence-corrected chi connectivity index (χ4v) is 2.74. The van der Waals surface area contributed by atoms with Crippen LogP contribution in [0.25, 0.3) is 11.4 Å². The van der Waals surface area contributed by atoms with E-state index in [4.69, 9.17) is 9.84 Å². The average Bonchev–Trinajstić information content (AvgIpc) is 2.88. The molecule has 9 heteroatoms. The van der Waals surface area contributed by atoms with Crippen LogP contribution in [0.1, 0.15) is 6.42 Å². The summed E-state index contributed by atoms with van der Waals surface area (Å²) < 4.78 is 8.64. The molecule has 1 atom stereocenters. The minimum atomic E-state index is -0.923. The summed E-state index contributed by atoms with van der Waals surface area (Å²) in [5.74, 6) is -0.346. The Labute approximate surface area is 142 Å². The number of tetrazole rings is 1. The van der Waals surface area contributed by atoms with E-state index in [1.54, 1.807) is 4.68 Å². The average molecular weight is 467 g/mol. The van der Waals surface area contributed by atoms with Crippen LogP contribution < -0.4 is 0 Å². The van der Waals surface area contributed by atoms with Crippen molar-refractivity contribution in [3.05, 3.63) is 26.2 Å². The van der Waals surface area contributed by atoms with Crippen molar-refractivity contribution in [3.63, 3.8) is 0 Å². The minimum absolute atomic E-state index is 0.106. The van der Waals surface area contributed by atoms with Gasteiger partial charge in [0.2, 0.25) is 0 Å². The first-order valence-electron chi connectivity index (χ1n) is 5.97. The topological polar surface area (TPSA) is 90.1 Å². The third kappa shape index (κ3) is 4.20. The van der Waals surface area contributed by atoms with Crippen molar-refractivity contribution in [1.29, 1.82) is 0 Å². The zero-order valence-electron chi connectivity index (χ0n) is 11.0. The summed E-state index contributed by atoms with van der Waals surface area (Å²) in [4.78, 5) is 10.8. The summed E-state index contributed by atoms with van der Waals surface area (Å²) in [7, 11) is 1.47. The molecule has 1 aromatic heterocycles. The van der Waals surface area contributed by atoms with Crippen LogP contribution in [0, 0.1) is 3.57 Å². The van der Waals surface area contributed by atoms with Crippen LogP contribution in [0.4, 0.5) is 0 Å². The summed E-state index contributed by atoms with van der Waals surface area (Å²) in [5.41, 5.74) is 0.875. The van der Waals surface area contributed by atoms with Gasteiger partial charge in [-0.1, -0.05) is 15.9 Å². The Morgan fingerprint density at radius 1 is 1.57 bits per heavy atom. The molecule has 2 aromatic rings. The molecule has 1 unspecified atom stereocenters. The summed E-state index contributed by atoms with van der Waals surface area (Å²) in [6.45, 7) is 0.272. The van der Waals surface area contributed by atoms with Crippen molar-refractivity contribution in [1.82, 2.24) is 20.2 Å². The molecule has 0 fully saturated rings. The maximum Gasteiger partial charge on any atom is 0.306 e. The second-order valence-electron chi connectivity index (χ2n) is 4.26. The van der Waals surface area contributed by atoms with Gasteiger partial charge >= 0.3 is 5.97 Å². The number of halogens is 2. The van der Waals surface area contributed by atoms with Crippen molar-refractivity contribution >= 4 is 44.5 Å². The summed E-state index contributed by atoms with van der Waals surface area (Å²) in [6.07, 6.45) is -0.597. The van der Waals surface area contributed by atoms with Crippen LogP contribution >= 0.6 is 38.5 Å². The number of carboxylic acid groups (broad SMARTS) is 1. The van der Waals surface area contributed by atoms with Gasteiger partial charge < -0.3 is 9.84 Å². The Hall–Kier alpha value is -1.07. The van der Waals surface area contributed by atoms with E-state index in [2.05, 4.69) is 54.0 Å². The lowest BCUT2D eigenvalue weighted by Crippen LogP contribution is -2.23. The summed E-state index contributed by atoms with van der Waals surface area (Å²) in [6, 6.07) is 5.80. The molecule has 2 rings (SSSR count). The molecule has 0 aliphatic heterocycles. The largest absolute Gasteiger partial charge is 0.481 e. The van der Waals surface area contributed by atoms with E-state index in [-0.39, 0.29) is 13.0 Å². The Balaban J connectivity index is 2.30. The van der Waals surface area contributed by atoms with Crippen LogP contribution in [0.2, 0.25) is 0 Å². The maximum absolute atomic E-state index is 10.8. The van der Waals surface area contributed by atoms with Crippen molar-refractivity contribution in [2.45, 2.75) is 19.1 Å². The lowest BCUT2D eigenvalue weighted by atomic mass is 10.2. The molecule has 1 aromatic carbocycles. The van der Waals surface area contributed by atoms with Gasteiger partial charge in [0, 0.05) is 20.7 Å². The van der Waals surface area contributed by atoms with E-state index in [1.807, 2.05) is 18.2 Å². The minimum Gasteiger partial charge on any atom is -0.481 e. The highest BCUT2D eigenvalue weighted by atomic mass is 127. The molecule has 0 amide bonds. The van der Waals surface area contributed by atoms with Gasteiger partial charge in [-0.05, 0) is 51.2 Å². The van der Waals surface area contributed by atoms with Crippen LogP contribution in [-0.4, -0.2) is 44.5 Å². The Morgan fingerprint density at radius 3 is 3.00 bits per heavy atom. The van der Waals surface area contributed by atoms with Crippen LogP contribution in [0.15, 0.2) is 22.7 Å². The molecule has 112 valence electrons. The normalized spacial score (nSPS) is 12.3. The molecule has 0 aliphatic rings. The maximum atomic E-state index is 10.8. The lowest BCUT2D eigenvalue weighted by Gasteiger charge is -2.14. The molecule has 0 bridgehead atoms. The quantitative estimate of drug-likeness (QED) is 0.656. The third-order valence-corrected chi connectivity index (χ3v) is 4.25. The first-order chi connectivity index (χ1) is 10.0. The van der Waals surface area contributed by atoms with Crippen molar-refractivity contribution in [3.8, 4) is 11.4 Å². The highest BCUT2D eigenvalue weighted by molar-refractivity contribution is 14.1. The summed E-state index contributed by atoms with van der Waals surface area (Å²) >= 11 is 5.62. The number of rotatable bonds is 6. The number of carboxylic acids is 1. The van der Waals surface area contributed by atoms with E-state index in [1.165, 1.54) is 7.11 Å². The highest BCUT2D eigenvalue weighted by Gasteiger charge is 2.18. The van der Waals surface area contributed by atoms with E-state index >= 15 is 0 Å². The lowest BCUT2D eigenvalue weighted by molar-refractivity contribution is -0.139. The van der Waals surface area contributed by atoms with E-state index in [0.29, 0.717) is 5.82 Å². The van der Waals surface area contributed by atoms with Gasteiger partial charge in [-0.3, -0.25) is 4.79 Å². The van der Waals surface area contributed by atoms with Crippen LogP contribution in [-0.2, 0) is 16.1 Å². The second-order valence-corrected chi connectivity index (χ2v) is 6.34. The molecule has 7 nitrogen and oxygen atoms in total. The third-order valence-electron chi connectivity index (χ3n) is 2.81.